The van der Waals surface area contributed by atoms with Gasteiger partial charge in [0.05, 0.1) is 4.92 Å². The Labute approximate surface area is 78.5 Å². The Balaban J connectivity index is 3.23. The number of nitro groups is 1. The van der Waals surface area contributed by atoms with Gasteiger partial charge in [-0.15, -0.1) is 0 Å². The number of hydrogen-bond acceptors (Lipinski definition) is 2. The second-order valence-corrected chi connectivity index (χ2v) is 3.43. The first kappa shape index (κ1) is 8.51. The summed E-state index contributed by atoms with van der Waals surface area (Å²) in [7, 11) is 1.73. The van der Waals surface area contributed by atoms with E-state index in [1.807, 2.05) is 6.07 Å². The third kappa shape index (κ3) is 1.92. The smallest absolute Gasteiger partial charge is 0.258 e. The van der Waals surface area contributed by atoms with Crippen LogP contribution in [0.5, 0.6) is 0 Å². The topological polar surface area (TPSA) is 43.1 Å². The standard InChI is InChI=1S/C6H5BINO2/c7-5-2-1-4(8)3-6(5)9(10)11/h1-3H,7H2. The lowest BCUT2D eigenvalue weighted by Gasteiger charge is -1.95. The number of rotatable bonds is 1. The van der Waals surface area contributed by atoms with Crippen LogP contribution in [0.2, 0.25) is 0 Å². The zero-order valence-corrected chi connectivity index (χ0v) is 8.03. The summed E-state index contributed by atoms with van der Waals surface area (Å²) < 4.78 is 0.889. The van der Waals surface area contributed by atoms with E-state index in [4.69, 9.17) is 0 Å². The van der Waals surface area contributed by atoms with E-state index in [2.05, 4.69) is 22.6 Å². The van der Waals surface area contributed by atoms with Gasteiger partial charge in [0.15, 0.2) is 0 Å². The highest BCUT2D eigenvalue weighted by atomic mass is 127. The van der Waals surface area contributed by atoms with Crippen molar-refractivity contribution in [2.75, 3.05) is 0 Å². The Kier molecular flexibility index (Phi) is 2.48. The molecule has 0 unspecified atom stereocenters. The van der Waals surface area contributed by atoms with E-state index < -0.39 is 0 Å². The van der Waals surface area contributed by atoms with Gasteiger partial charge in [-0.2, -0.15) is 0 Å². The Morgan fingerprint density at radius 2 is 2.18 bits per heavy atom. The highest BCUT2D eigenvalue weighted by Gasteiger charge is 2.08. The molecule has 0 bridgehead atoms. The number of nitro benzene ring substituents is 1. The summed E-state index contributed by atoms with van der Waals surface area (Å²) in [6.07, 6.45) is 0. The first-order valence-corrected chi connectivity index (χ1v) is 4.09. The number of halogens is 1. The summed E-state index contributed by atoms with van der Waals surface area (Å²) in [4.78, 5) is 10.0. The van der Waals surface area contributed by atoms with Crippen LogP contribution < -0.4 is 5.46 Å². The van der Waals surface area contributed by atoms with Gasteiger partial charge in [-0.1, -0.05) is 6.07 Å². The van der Waals surface area contributed by atoms with Gasteiger partial charge in [0.25, 0.3) is 5.69 Å². The largest absolute Gasteiger partial charge is 0.264 e. The van der Waals surface area contributed by atoms with Crippen molar-refractivity contribution in [3.05, 3.63) is 31.9 Å². The van der Waals surface area contributed by atoms with Gasteiger partial charge in [0.1, 0.15) is 7.85 Å². The minimum atomic E-state index is -0.364. The molecular weight excluding hydrogens is 256 g/mol. The summed E-state index contributed by atoms with van der Waals surface area (Å²) in [5.41, 5.74) is 0.896. The normalized spacial score (nSPS) is 9.55. The van der Waals surface area contributed by atoms with Crippen LogP contribution in [0.3, 0.4) is 0 Å². The van der Waals surface area contributed by atoms with E-state index in [1.165, 1.54) is 0 Å². The maximum Gasteiger partial charge on any atom is 0.264 e. The molecule has 0 saturated heterocycles. The minimum Gasteiger partial charge on any atom is -0.258 e. The highest BCUT2D eigenvalue weighted by Crippen LogP contribution is 2.11. The fourth-order valence-electron chi connectivity index (χ4n) is 0.779. The highest BCUT2D eigenvalue weighted by molar-refractivity contribution is 14.1. The lowest BCUT2D eigenvalue weighted by molar-refractivity contribution is -0.383. The first-order valence-electron chi connectivity index (χ1n) is 3.02. The van der Waals surface area contributed by atoms with Gasteiger partial charge in [-0.25, -0.2) is 0 Å². The lowest BCUT2D eigenvalue weighted by Crippen LogP contribution is -2.08. The molecule has 0 aliphatic carbocycles. The van der Waals surface area contributed by atoms with Crippen molar-refractivity contribution in [2.24, 2.45) is 0 Å². The molecular formula is C6H5BINO2. The van der Waals surface area contributed by atoms with E-state index in [0.717, 1.165) is 3.57 Å². The number of hydrogen-bond donors (Lipinski definition) is 0. The molecule has 0 atom stereocenters. The zero-order chi connectivity index (χ0) is 8.43. The monoisotopic (exact) mass is 261 g/mol. The van der Waals surface area contributed by atoms with Crippen LogP contribution in [0, 0.1) is 13.7 Å². The molecule has 0 saturated carbocycles. The van der Waals surface area contributed by atoms with Crippen LogP contribution in [0.4, 0.5) is 5.69 Å². The van der Waals surface area contributed by atoms with Crippen molar-refractivity contribution in [3.8, 4) is 0 Å². The molecule has 3 nitrogen and oxygen atoms in total. The van der Waals surface area contributed by atoms with E-state index in [0.29, 0.717) is 5.46 Å². The molecule has 11 heavy (non-hydrogen) atoms. The third-order valence-electron chi connectivity index (χ3n) is 1.37. The molecule has 0 aliphatic rings. The zero-order valence-electron chi connectivity index (χ0n) is 5.87. The van der Waals surface area contributed by atoms with Gasteiger partial charge in [-0.05, 0) is 34.1 Å². The summed E-state index contributed by atoms with van der Waals surface area (Å²) in [6.45, 7) is 0. The molecule has 1 aromatic rings. The summed E-state index contributed by atoms with van der Waals surface area (Å²) in [5.74, 6) is 0. The second-order valence-electron chi connectivity index (χ2n) is 2.19. The maximum atomic E-state index is 10.4. The molecule has 0 aliphatic heterocycles. The summed E-state index contributed by atoms with van der Waals surface area (Å²) in [6, 6.07) is 5.17. The molecule has 1 rings (SSSR count). The minimum absolute atomic E-state index is 0.192. The van der Waals surface area contributed by atoms with Crippen molar-refractivity contribution < 1.29 is 4.92 Å². The summed E-state index contributed by atoms with van der Waals surface area (Å²) in [5, 5.41) is 10.4. The molecule has 0 N–H and O–H groups in total. The predicted octanol–water partition coefficient (Wildman–Crippen LogP) is 0.458. The van der Waals surface area contributed by atoms with Crippen LogP contribution in [0.1, 0.15) is 0 Å². The van der Waals surface area contributed by atoms with Crippen molar-refractivity contribution in [3.63, 3.8) is 0 Å². The van der Waals surface area contributed by atoms with E-state index >= 15 is 0 Å². The summed E-state index contributed by atoms with van der Waals surface area (Å²) >= 11 is 2.05. The van der Waals surface area contributed by atoms with Crippen molar-refractivity contribution >= 4 is 41.6 Å². The molecule has 0 fully saturated rings. The number of benzene rings is 1. The van der Waals surface area contributed by atoms with Gasteiger partial charge < -0.3 is 0 Å². The second kappa shape index (κ2) is 3.21. The predicted molar refractivity (Wildman–Crippen MR) is 54.0 cm³/mol. The Morgan fingerprint density at radius 1 is 1.55 bits per heavy atom. The van der Waals surface area contributed by atoms with Crippen molar-refractivity contribution in [1.82, 2.24) is 0 Å². The molecule has 0 radical (unpaired) electrons. The quantitative estimate of drug-likeness (QED) is 0.319. The Bertz CT molecular complexity index is 303. The molecule has 0 aromatic heterocycles. The van der Waals surface area contributed by atoms with Gasteiger partial charge in [0.2, 0.25) is 0 Å². The Hall–Kier alpha value is -0.585. The van der Waals surface area contributed by atoms with E-state index in [1.54, 1.807) is 20.0 Å². The Morgan fingerprint density at radius 3 is 2.64 bits per heavy atom. The molecule has 5 heteroatoms. The molecule has 1 aromatic carbocycles. The molecule has 0 spiro atoms. The maximum absolute atomic E-state index is 10.4. The van der Waals surface area contributed by atoms with Crippen LogP contribution in [-0.2, 0) is 0 Å². The average molecular weight is 261 g/mol. The van der Waals surface area contributed by atoms with Crippen LogP contribution in [-0.4, -0.2) is 12.8 Å². The fourth-order valence-corrected chi connectivity index (χ4v) is 1.25. The number of nitrogens with zero attached hydrogens (tertiary/aromatic N) is 1. The molecule has 0 amide bonds. The molecule has 56 valence electrons. The van der Waals surface area contributed by atoms with Crippen molar-refractivity contribution in [2.45, 2.75) is 0 Å². The van der Waals surface area contributed by atoms with Crippen LogP contribution in [0.25, 0.3) is 0 Å². The fraction of sp³-hybridized carbons (Fsp3) is 0. The van der Waals surface area contributed by atoms with Gasteiger partial charge in [-0.3, -0.25) is 10.1 Å². The van der Waals surface area contributed by atoms with Gasteiger partial charge >= 0.3 is 0 Å². The lowest BCUT2D eigenvalue weighted by atomic mass is 9.94. The first-order chi connectivity index (χ1) is 5.11. The van der Waals surface area contributed by atoms with Crippen LogP contribution in [0.15, 0.2) is 18.2 Å². The molecule has 0 heterocycles. The van der Waals surface area contributed by atoms with E-state index in [9.17, 15) is 10.1 Å². The van der Waals surface area contributed by atoms with Crippen LogP contribution >= 0.6 is 22.6 Å². The third-order valence-corrected chi connectivity index (χ3v) is 2.04. The van der Waals surface area contributed by atoms with Crippen molar-refractivity contribution in [1.29, 1.82) is 0 Å². The average Bonchev–Trinajstić information content (AvgIpc) is 1.94. The van der Waals surface area contributed by atoms with Gasteiger partial charge in [0, 0.05) is 9.64 Å². The van der Waals surface area contributed by atoms with E-state index in [-0.39, 0.29) is 10.6 Å². The SMILES string of the molecule is Bc1ccc(I)cc1[N+](=O)[O-].